The van der Waals surface area contributed by atoms with Gasteiger partial charge in [-0.2, -0.15) is 0 Å². The van der Waals surface area contributed by atoms with Crippen LogP contribution in [0.15, 0.2) is 18.5 Å². The molecule has 0 bridgehead atoms. The van der Waals surface area contributed by atoms with E-state index in [4.69, 9.17) is 4.74 Å². The number of carbonyl (C=O) groups is 1. The smallest absolute Gasteiger partial charge is 0.407 e. The van der Waals surface area contributed by atoms with Crippen LogP contribution < -0.4 is 5.32 Å². The van der Waals surface area contributed by atoms with Crippen molar-refractivity contribution in [3.05, 3.63) is 29.8 Å². The molecule has 98 valence electrons. The van der Waals surface area contributed by atoms with E-state index in [2.05, 4.69) is 10.3 Å². The highest BCUT2D eigenvalue weighted by Crippen LogP contribution is 2.40. The Kier molecular flexibility index (Phi) is 3.24. The topological polar surface area (TPSA) is 51.2 Å². The van der Waals surface area contributed by atoms with Crippen molar-refractivity contribution >= 4 is 6.09 Å². The van der Waals surface area contributed by atoms with Crippen LogP contribution in [-0.4, -0.2) is 22.7 Å². The maximum absolute atomic E-state index is 13.0. The van der Waals surface area contributed by atoms with Gasteiger partial charge in [0, 0.05) is 18.2 Å². The summed E-state index contributed by atoms with van der Waals surface area (Å²) in [7, 11) is 0. The molecule has 5 heteroatoms. The first-order valence-electron chi connectivity index (χ1n) is 5.95. The van der Waals surface area contributed by atoms with E-state index < -0.39 is 11.7 Å². The lowest BCUT2D eigenvalue weighted by atomic mass is 10.2. The van der Waals surface area contributed by atoms with Gasteiger partial charge in [0.2, 0.25) is 0 Å². The molecule has 1 aromatic heterocycles. The molecule has 1 heterocycles. The van der Waals surface area contributed by atoms with Crippen molar-refractivity contribution in [3.8, 4) is 0 Å². The number of pyridine rings is 1. The maximum atomic E-state index is 13.0. The van der Waals surface area contributed by atoms with Gasteiger partial charge in [-0.15, -0.1) is 0 Å². The molecule has 1 aromatic rings. The summed E-state index contributed by atoms with van der Waals surface area (Å²) in [4.78, 5) is 15.3. The molecule has 1 saturated carbocycles. The fourth-order valence-electron chi connectivity index (χ4n) is 1.81. The molecule has 0 aromatic carbocycles. The molecule has 1 N–H and O–H groups in total. The minimum atomic E-state index is -0.505. The van der Waals surface area contributed by atoms with Crippen LogP contribution in [0, 0.1) is 5.82 Å². The van der Waals surface area contributed by atoms with Crippen LogP contribution in [0.3, 0.4) is 0 Å². The van der Waals surface area contributed by atoms with E-state index in [0.717, 1.165) is 12.0 Å². The van der Waals surface area contributed by atoms with Gasteiger partial charge >= 0.3 is 6.09 Å². The van der Waals surface area contributed by atoms with E-state index in [0.29, 0.717) is 0 Å². The van der Waals surface area contributed by atoms with Gasteiger partial charge in [0.15, 0.2) is 0 Å². The predicted octanol–water partition coefficient (Wildman–Crippen LogP) is 2.60. The second-order valence-electron chi connectivity index (χ2n) is 5.53. The Morgan fingerprint density at radius 3 is 2.83 bits per heavy atom. The number of nitrogens with one attached hydrogen (secondary N) is 1. The average molecular weight is 252 g/mol. The van der Waals surface area contributed by atoms with Crippen molar-refractivity contribution in [2.45, 2.75) is 44.8 Å². The third-order valence-corrected chi connectivity index (χ3v) is 2.65. The zero-order valence-electron chi connectivity index (χ0n) is 10.7. The Hall–Kier alpha value is -1.65. The molecule has 2 atom stereocenters. The van der Waals surface area contributed by atoms with E-state index in [-0.39, 0.29) is 17.8 Å². The van der Waals surface area contributed by atoms with Crippen LogP contribution in [0.5, 0.6) is 0 Å². The highest BCUT2D eigenvalue weighted by Gasteiger charge is 2.40. The Labute approximate surface area is 106 Å². The lowest BCUT2D eigenvalue weighted by Gasteiger charge is -2.19. The first kappa shape index (κ1) is 12.8. The number of amides is 1. The van der Waals surface area contributed by atoms with Gasteiger partial charge in [-0.25, -0.2) is 9.18 Å². The lowest BCUT2D eigenvalue weighted by molar-refractivity contribution is 0.0523. The highest BCUT2D eigenvalue weighted by molar-refractivity contribution is 5.69. The number of hydrogen-bond acceptors (Lipinski definition) is 3. The Bertz CT molecular complexity index is 457. The first-order chi connectivity index (χ1) is 8.35. The monoisotopic (exact) mass is 252 g/mol. The van der Waals surface area contributed by atoms with Gasteiger partial charge < -0.3 is 10.1 Å². The summed E-state index contributed by atoms with van der Waals surface area (Å²) in [6.07, 6.45) is 3.16. The van der Waals surface area contributed by atoms with Crippen molar-refractivity contribution < 1.29 is 13.9 Å². The van der Waals surface area contributed by atoms with Crippen LogP contribution in [-0.2, 0) is 4.74 Å². The van der Waals surface area contributed by atoms with Crippen molar-refractivity contribution in [2.75, 3.05) is 0 Å². The van der Waals surface area contributed by atoms with E-state index in [1.54, 1.807) is 6.20 Å². The first-order valence-corrected chi connectivity index (χ1v) is 5.95. The molecule has 1 aliphatic rings. The fourth-order valence-corrected chi connectivity index (χ4v) is 1.81. The van der Waals surface area contributed by atoms with Gasteiger partial charge in [0.05, 0.1) is 6.20 Å². The summed E-state index contributed by atoms with van der Waals surface area (Å²) in [6.45, 7) is 5.44. The fraction of sp³-hybridized carbons (Fsp3) is 0.538. The predicted molar refractivity (Wildman–Crippen MR) is 64.7 cm³/mol. The number of carbonyl (C=O) groups excluding carboxylic acids is 1. The van der Waals surface area contributed by atoms with Crippen LogP contribution >= 0.6 is 0 Å². The Balaban J connectivity index is 1.87. The number of rotatable bonds is 2. The van der Waals surface area contributed by atoms with Gasteiger partial charge in [0.1, 0.15) is 11.4 Å². The lowest BCUT2D eigenvalue weighted by Crippen LogP contribution is -2.34. The van der Waals surface area contributed by atoms with E-state index in [1.807, 2.05) is 20.8 Å². The van der Waals surface area contributed by atoms with E-state index in [9.17, 15) is 9.18 Å². The van der Waals surface area contributed by atoms with Crippen molar-refractivity contribution in [1.29, 1.82) is 0 Å². The quantitative estimate of drug-likeness (QED) is 0.880. The summed E-state index contributed by atoms with van der Waals surface area (Å²) in [5, 5.41) is 2.77. The minimum absolute atomic E-state index is 0.0171. The maximum Gasteiger partial charge on any atom is 0.407 e. The zero-order valence-corrected chi connectivity index (χ0v) is 10.7. The minimum Gasteiger partial charge on any atom is -0.444 e. The average Bonchev–Trinajstić information content (AvgIpc) is 2.93. The molecule has 0 saturated heterocycles. The van der Waals surface area contributed by atoms with Gasteiger partial charge in [-0.05, 0) is 38.8 Å². The number of alkyl carbamates (subject to hydrolysis) is 1. The van der Waals surface area contributed by atoms with Crippen molar-refractivity contribution in [1.82, 2.24) is 10.3 Å². The van der Waals surface area contributed by atoms with E-state index >= 15 is 0 Å². The van der Waals surface area contributed by atoms with Crippen LogP contribution in [0.2, 0.25) is 0 Å². The van der Waals surface area contributed by atoms with Gasteiger partial charge in [0.25, 0.3) is 0 Å². The number of halogens is 1. The largest absolute Gasteiger partial charge is 0.444 e. The third-order valence-electron chi connectivity index (χ3n) is 2.65. The van der Waals surface area contributed by atoms with Crippen molar-refractivity contribution in [2.24, 2.45) is 0 Å². The molecule has 0 aliphatic heterocycles. The second-order valence-corrected chi connectivity index (χ2v) is 5.53. The zero-order chi connectivity index (χ0) is 13.3. The van der Waals surface area contributed by atoms with E-state index in [1.165, 1.54) is 12.3 Å². The van der Waals surface area contributed by atoms with Crippen LogP contribution in [0.1, 0.15) is 38.7 Å². The Morgan fingerprint density at radius 2 is 2.22 bits per heavy atom. The molecule has 1 amide bonds. The number of ether oxygens (including phenoxy) is 1. The normalized spacial score (nSPS) is 22.4. The molecule has 4 nitrogen and oxygen atoms in total. The second kappa shape index (κ2) is 4.55. The molecular weight excluding hydrogens is 235 g/mol. The van der Waals surface area contributed by atoms with Crippen molar-refractivity contribution in [3.63, 3.8) is 0 Å². The Morgan fingerprint density at radius 1 is 1.50 bits per heavy atom. The summed E-state index contributed by atoms with van der Waals surface area (Å²) in [5.41, 5.74) is 0.311. The van der Waals surface area contributed by atoms with Gasteiger partial charge in [-0.1, -0.05) is 0 Å². The van der Waals surface area contributed by atoms with Gasteiger partial charge in [-0.3, -0.25) is 4.98 Å². The van der Waals surface area contributed by atoms with Crippen LogP contribution in [0.4, 0.5) is 9.18 Å². The number of hydrogen-bond donors (Lipinski definition) is 1. The third kappa shape index (κ3) is 3.42. The molecule has 1 aliphatic carbocycles. The summed E-state index contributed by atoms with van der Waals surface area (Å²) < 4.78 is 18.1. The molecule has 0 radical (unpaired) electrons. The molecule has 2 rings (SSSR count). The molecule has 0 spiro atoms. The summed E-state index contributed by atoms with van der Waals surface area (Å²) >= 11 is 0. The van der Waals surface area contributed by atoms with Crippen LogP contribution in [0.25, 0.3) is 0 Å². The summed E-state index contributed by atoms with van der Waals surface area (Å²) in [5.74, 6) is -0.212. The number of nitrogens with zero attached hydrogens (tertiary/aromatic N) is 1. The highest BCUT2D eigenvalue weighted by atomic mass is 19.1. The molecular formula is C13H17FN2O2. The standard InChI is InChI=1S/C13H17FN2O2/c1-13(2,3)18-12(17)16-11-5-10(11)8-4-9(14)7-15-6-8/h4,6-7,10-11H,5H2,1-3H3,(H,16,17). The molecule has 18 heavy (non-hydrogen) atoms. The molecule has 2 unspecified atom stereocenters. The summed E-state index contributed by atoms with van der Waals surface area (Å²) in [6, 6.07) is 1.47. The number of aromatic nitrogens is 1. The molecule has 1 fully saturated rings. The SMILES string of the molecule is CC(C)(C)OC(=O)NC1CC1c1cncc(F)c1.